The van der Waals surface area contributed by atoms with Gasteiger partial charge in [-0.2, -0.15) is 0 Å². The Hall–Kier alpha value is -2.28. The number of rotatable bonds is 7. The van der Waals surface area contributed by atoms with Gasteiger partial charge in [0.15, 0.2) is 0 Å². The summed E-state index contributed by atoms with van der Waals surface area (Å²) in [6.07, 6.45) is 5.81. The molecule has 7 heteroatoms. The van der Waals surface area contributed by atoms with Crippen LogP contribution in [0.3, 0.4) is 0 Å². The number of amides is 3. The quantitative estimate of drug-likeness (QED) is 0.765. The van der Waals surface area contributed by atoms with Gasteiger partial charge in [0.25, 0.3) is 0 Å². The van der Waals surface area contributed by atoms with Crippen LogP contribution in [0.25, 0.3) is 0 Å². The summed E-state index contributed by atoms with van der Waals surface area (Å²) in [5.41, 5.74) is 1.16. The first-order valence-electron chi connectivity index (χ1n) is 9.68. The lowest BCUT2D eigenvalue weighted by Gasteiger charge is -2.33. The molecule has 148 valence electrons. The van der Waals surface area contributed by atoms with Crippen LogP contribution in [0.2, 0.25) is 0 Å². The molecular formula is C20H29N3O4. The minimum absolute atomic E-state index is 0.127. The predicted octanol–water partition coefficient (Wildman–Crippen LogP) is 3.47. The van der Waals surface area contributed by atoms with Crippen LogP contribution in [0.4, 0.5) is 16.2 Å². The molecule has 1 aliphatic carbocycles. The van der Waals surface area contributed by atoms with Gasteiger partial charge < -0.3 is 25.0 Å². The summed E-state index contributed by atoms with van der Waals surface area (Å²) in [5, 5.41) is 5.69. The molecule has 2 aliphatic rings. The molecule has 1 saturated heterocycles. The molecule has 0 bridgehead atoms. The van der Waals surface area contributed by atoms with Crippen LogP contribution in [-0.4, -0.2) is 49.7 Å². The van der Waals surface area contributed by atoms with Gasteiger partial charge in [-0.1, -0.05) is 6.42 Å². The minimum Gasteiger partial charge on any atom is -0.495 e. The summed E-state index contributed by atoms with van der Waals surface area (Å²) in [6.45, 7) is 3.60. The molecule has 0 spiro atoms. The van der Waals surface area contributed by atoms with Gasteiger partial charge in [-0.3, -0.25) is 4.79 Å². The molecular weight excluding hydrogens is 346 g/mol. The molecule has 1 aromatic rings. The van der Waals surface area contributed by atoms with Crippen molar-refractivity contribution in [2.45, 2.75) is 45.1 Å². The van der Waals surface area contributed by atoms with E-state index in [1.165, 1.54) is 26.2 Å². The third-order valence-electron chi connectivity index (χ3n) is 5.20. The fourth-order valence-electron chi connectivity index (χ4n) is 3.54. The fourth-order valence-corrected chi connectivity index (χ4v) is 3.54. The highest BCUT2D eigenvalue weighted by Crippen LogP contribution is 2.30. The van der Waals surface area contributed by atoms with E-state index in [1.807, 2.05) is 4.90 Å². The van der Waals surface area contributed by atoms with Gasteiger partial charge in [0.05, 0.1) is 18.9 Å². The van der Waals surface area contributed by atoms with Crippen molar-refractivity contribution in [2.24, 2.45) is 5.92 Å². The smallest absolute Gasteiger partial charge is 0.321 e. The van der Waals surface area contributed by atoms with E-state index in [-0.39, 0.29) is 18.0 Å². The highest BCUT2D eigenvalue weighted by molar-refractivity contribution is 5.94. The number of nitrogens with zero attached hydrogens (tertiary/aromatic N) is 1. The zero-order chi connectivity index (χ0) is 19.2. The van der Waals surface area contributed by atoms with Crippen molar-refractivity contribution in [2.75, 3.05) is 37.4 Å². The summed E-state index contributed by atoms with van der Waals surface area (Å²) in [7, 11) is 1.54. The first-order chi connectivity index (χ1) is 13.0. The number of hydrogen-bond donors (Lipinski definition) is 2. The Morgan fingerprint density at radius 2 is 2.00 bits per heavy atom. The monoisotopic (exact) mass is 375 g/mol. The minimum atomic E-state index is -0.193. The topological polar surface area (TPSA) is 79.9 Å². The second kappa shape index (κ2) is 9.08. The number of benzene rings is 1. The lowest BCUT2D eigenvalue weighted by Crippen LogP contribution is -2.44. The van der Waals surface area contributed by atoms with E-state index in [9.17, 15) is 9.59 Å². The maximum Gasteiger partial charge on any atom is 0.321 e. The van der Waals surface area contributed by atoms with Gasteiger partial charge in [0, 0.05) is 32.3 Å². The molecule has 0 radical (unpaired) electrons. The third kappa shape index (κ3) is 5.35. The van der Waals surface area contributed by atoms with Gasteiger partial charge in [0.2, 0.25) is 5.91 Å². The molecule has 1 saturated carbocycles. The number of nitrogens with one attached hydrogen (secondary N) is 2. The van der Waals surface area contributed by atoms with E-state index in [0.29, 0.717) is 29.6 Å². The Kier molecular flexibility index (Phi) is 6.55. The third-order valence-corrected chi connectivity index (χ3v) is 5.20. The maximum atomic E-state index is 12.9. The standard InChI is InChI=1S/C20H29N3O4/c1-14(24)21-18-11-16(8-9-19(18)26-2)22-20(25)23(12-15-5-3-6-15)13-17-7-4-10-27-17/h8-9,11,15,17H,3-7,10,12-13H2,1-2H3,(H,21,24)(H,22,25). The molecule has 1 unspecified atom stereocenters. The van der Waals surface area contributed by atoms with Crippen LogP contribution >= 0.6 is 0 Å². The Balaban J connectivity index is 1.68. The van der Waals surface area contributed by atoms with Gasteiger partial charge >= 0.3 is 6.03 Å². The molecule has 1 aliphatic heterocycles. The maximum absolute atomic E-state index is 12.9. The number of carbonyl (C=O) groups is 2. The molecule has 2 fully saturated rings. The molecule has 1 atom stereocenters. The number of carbonyl (C=O) groups excluding carboxylic acids is 2. The van der Waals surface area contributed by atoms with Crippen molar-refractivity contribution in [3.8, 4) is 5.75 Å². The van der Waals surface area contributed by atoms with Crippen molar-refractivity contribution in [3.05, 3.63) is 18.2 Å². The van der Waals surface area contributed by atoms with Crippen LogP contribution in [0, 0.1) is 5.92 Å². The van der Waals surface area contributed by atoms with Gasteiger partial charge in [-0.05, 0) is 49.8 Å². The summed E-state index contributed by atoms with van der Waals surface area (Å²) < 4.78 is 11.0. The second-order valence-electron chi connectivity index (χ2n) is 7.36. The van der Waals surface area contributed by atoms with E-state index in [0.717, 1.165) is 26.0 Å². The summed E-state index contributed by atoms with van der Waals surface area (Å²) in [4.78, 5) is 26.2. The van der Waals surface area contributed by atoms with E-state index >= 15 is 0 Å². The van der Waals surface area contributed by atoms with Gasteiger partial charge in [-0.25, -0.2) is 4.79 Å². The average Bonchev–Trinajstić information content (AvgIpc) is 3.09. The largest absolute Gasteiger partial charge is 0.495 e. The summed E-state index contributed by atoms with van der Waals surface area (Å²) in [5.74, 6) is 0.943. The molecule has 1 heterocycles. The number of ether oxygens (including phenoxy) is 2. The first kappa shape index (κ1) is 19.5. The Labute approximate surface area is 160 Å². The number of hydrogen-bond acceptors (Lipinski definition) is 4. The van der Waals surface area contributed by atoms with Crippen molar-refractivity contribution in [3.63, 3.8) is 0 Å². The van der Waals surface area contributed by atoms with Crippen LogP contribution in [0.15, 0.2) is 18.2 Å². The van der Waals surface area contributed by atoms with E-state index in [2.05, 4.69) is 10.6 Å². The summed E-state index contributed by atoms with van der Waals surface area (Å²) >= 11 is 0. The van der Waals surface area contributed by atoms with Crippen molar-refractivity contribution >= 4 is 23.3 Å². The molecule has 1 aromatic carbocycles. The summed E-state index contributed by atoms with van der Waals surface area (Å²) in [6, 6.07) is 5.09. The molecule has 3 rings (SSSR count). The number of anilines is 2. The van der Waals surface area contributed by atoms with Crippen LogP contribution in [0.1, 0.15) is 39.0 Å². The Morgan fingerprint density at radius 3 is 2.59 bits per heavy atom. The fraction of sp³-hybridized carbons (Fsp3) is 0.600. The van der Waals surface area contributed by atoms with E-state index < -0.39 is 0 Å². The van der Waals surface area contributed by atoms with Gasteiger partial charge in [-0.15, -0.1) is 0 Å². The van der Waals surface area contributed by atoms with Crippen LogP contribution in [-0.2, 0) is 9.53 Å². The van der Waals surface area contributed by atoms with Crippen molar-refractivity contribution < 1.29 is 19.1 Å². The molecule has 3 amide bonds. The highest BCUT2D eigenvalue weighted by atomic mass is 16.5. The SMILES string of the molecule is COc1ccc(NC(=O)N(CC2CCC2)CC2CCCO2)cc1NC(C)=O. The Morgan fingerprint density at radius 1 is 1.19 bits per heavy atom. The van der Waals surface area contributed by atoms with Crippen molar-refractivity contribution in [1.29, 1.82) is 0 Å². The highest BCUT2D eigenvalue weighted by Gasteiger charge is 2.27. The average molecular weight is 375 g/mol. The molecule has 2 N–H and O–H groups in total. The lowest BCUT2D eigenvalue weighted by molar-refractivity contribution is -0.114. The van der Waals surface area contributed by atoms with E-state index in [1.54, 1.807) is 25.3 Å². The number of methoxy groups -OCH3 is 1. The number of urea groups is 1. The first-order valence-corrected chi connectivity index (χ1v) is 9.68. The molecule has 0 aromatic heterocycles. The molecule has 27 heavy (non-hydrogen) atoms. The zero-order valence-electron chi connectivity index (χ0n) is 16.1. The lowest BCUT2D eigenvalue weighted by atomic mass is 9.85. The Bertz CT molecular complexity index is 669. The van der Waals surface area contributed by atoms with Crippen LogP contribution < -0.4 is 15.4 Å². The van der Waals surface area contributed by atoms with Gasteiger partial charge in [0.1, 0.15) is 5.75 Å². The van der Waals surface area contributed by atoms with Crippen LogP contribution in [0.5, 0.6) is 5.75 Å². The predicted molar refractivity (Wildman–Crippen MR) is 104 cm³/mol. The zero-order valence-corrected chi connectivity index (χ0v) is 16.1. The molecule has 7 nitrogen and oxygen atoms in total. The normalized spacial score (nSPS) is 19.3. The second-order valence-corrected chi connectivity index (χ2v) is 7.36. The van der Waals surface area contributed by atoms with E-state index in [4.69, 9.17) is 9.47 Å². The van der Waals surface area contributed by atoms with Crippen molar-refractivity contribution in [1.82, 2.24) is 4.90 Å².